The van der Waals surface area contributed by atoms with Gasteiger partial charge in [-0.15, -0.1) is 11.8 Å². The van der Waals surface area contributed by atoms with Gasteiger partial charge in [0.15, 0.2) is 0 Å². The van der Waals surface area contributed by atoms with Gasteiger partial charge in [-0.25, -0.2) is 0 Å². The first-order valence-corrected chi connectivity index (χ1v) is 8.24. The number of nitrogens with one attached hydrogen (secondary N) is 1. The molecule has 5 heteroatoms. The van der Waals surface area contributed by atoms with E-state index in [1.54, 1.807) is 16.7 Å². The Kier molecular flexibility index (Phi) is 5.88. The Morgan fingerprint density at radius 3 is 2.75 bits per heavy atom. The quantitative estimate of drug-likeness (QED) is 0.783. The molecule has 1 aromatic rings. The van der Waals surface area contributed by atoms with Crippen molar-refractivity contribution in [2.75, 3.05) is 32.5 Å². The second-order valence-corrected chi connectivity index (χ2v) is 5.88. The molecule has 0 radical (unpaired) electrons. The summed E-state index contributed by atoms with van der Waals surface area (Å²) >= 11 is 1.66. The lowest BCUT2D eigenvalue weighted by Crippen LogP contribution is -2.42. The minimum absolute atomic E-state index is 0.000373. The molecule has 1 aliphatic heterocycles. The summed E-state index contributed by atoms with van der Waals surface area (Å²) in [5.41, 5.74) is 0.689. The Balaban J connectivity index is 2.04. The van der Waals surface area contributed by atoms with Gasteiger partial charge in [-0.05, 0) is 49.9 Å². The number of nitrogens with zero attached hydrogens (tertiary/aromatic N) is 1. The molecule has 2 N–H and O–H groups in total. The van der Waals surface area contributed by atoms with Crippen molar-refractivity contribution < 1.29 is 9.90 Å². The highest BCUT2D eigenvalue weighted by Gasteiger charge is 2.22. The number of amides is 1. The largest absolute Gasteiger partial charge is 0.395 e. The van der Waals surface area contributed by atoms with Crippen molar-refractivity contribution >= 4 is 17.7 Å². The maximum atomic E-state index is 12.5. The molecule has 2 rings (SSSR count). The Hall–Kier alpha value is -1.04. The summed E-state index contributed by atoms with van der Waals surface area (Å²) in [5, 5.41) is 12.6. The van der Waals surface area contributed by atoms with Gasteiger partial charge in [0.05, 0.1) is 6.61 Å². The molecular weight excluding hydrogens is 272 g/mol. The van der Waals surface area contributed by atoms with Crippen LogP contribution in [0.4, 0.5) is 0 Å². The van der Waals surface area contributed by atoms with Gasteiger partial charge >= 0.3 is 0 Å². The second kappa shape index (κ2) is 7.67. The van der Waals surface area contributed by atoms with E-state index in [-0.39, 0.29) is 12.5 Å². The van der Waals surface area contributed by atoms with Crippen LogP contribution in [0.5, 0.6) is 0 Å². The van der Waals surface area contributed by atoms with Crippen molar-refractivity contribution in [1.29, 1.82) is 0 Å². The molecule has 0 saturated carbocycles. The third-order valence-electron chi connectivity index (χ3n) is 3.60. The monoisotopic (exact) mass is 294 g/mol. The number of hydrogen-bond acceptors (Lipinski definition) is 4. The molecule has 0 bridgehead atoms. The Morgan fingerprint density at radius 1 is 1.45 bits per heavy atom. The minimum Gasteiger partial charge on any atom is -0.395 e. The van der Waals surface area contributed by atoms with Gasteiger partial charge in [-0.2, -0.15) is 0 Å². The molecule has 1 unspecified atom stereocenters. The summed E-state index contributed by atoms with van der Waals surface area (Å²) in [6, 6.07) is 8.00. The Morgan fingerprint density at radius 2 is 2.20 bits per heavy atom. The van der Waals surface area contributed by atoms with E-state index in [0.717, 1.165) is 24.3 Å². The third-order valence-corrected chi connectivity index (χ3v) is 4.34. The van der Waals surface area contributed by atoms with Crippen LogP contribution in [0, 0.1) is 0 Å². The van der Waals surface area contributed by atoms with Gasteiger partial charge in [0.1, 0.15) is 0 Å². The number of carbonyl (C=O) groups excluding carboxylic acids is 1. The maximum Gasteiger partial charge on any atom is 0.253 e. The smallest absolute Gasteiger partial charge is 0.253 e. The van der Waals surface area contributed by atoms with Crippen LogP contribution in [0.25, 0.3) is 0 Å². The second-order valence-electron chi connectivity index (χ2n) is 5.00. The molecule has 110 valence electrons. The van der Waals surface area contributed by atoms with Crippen LogP contribution in [0.1, 0.15) is 23.2 Å². The molecule has 0 aromatic heterocycles. The van der Waals surface area contributed by atoms with Crippen LogP contribution in [-0.2, 0) is 0 Å². The van der Waals surface area contributed by atoms with E-state index in [2.05, 4.69) is 5.32 Å². The zero-order chi connectivity index (χ0) is 14.4. The van der Waals surface area contributed by atoms with Crippen molar-refractivity contribution in [1.82, 2.24) is 10.2 Å². The van der Waals surface area contributed by atoms with E-state index in [1.165, 1.54) is 0 Å². The van der Waals surface area contributed by atoms with Crippen LogP contribution in [0.2, 0.25) is 0 Å². The van der Waals surface area contributed by atoms with Gasteiger partial charge in [-0.1, -0.05) is 0 Å². The molecule has 0 aliphatic carbocycles. The summed E-state index contributed by atoms with van der Waals surface area (Å²) in [5.74, 6) is 0.000373. The van der Waals surface area contributed by atoms with E-state index in [1.807, 2.05) is 30.5 Å². The van der Waals surface area contributed by atoms with Crippen molar-refractivity contribution in [3.05, 3.63) is 29.8 Å². The number of hydrogen-bond donors (Lipinski definition) is 2. The van der Waals surface area contributed by atoms with Crippen LogP contribution in [-0.4, -0.2) is 54.5 Å². The number of rotatable bonds is 6. The van der Waals surface area contributed by atoms with Gasteiger partial charge in [0.25, 0.3) is 5.91 Å². The standard InChI is InChI=1S/C15H22N2O2S/c1-20-14-6-4-12(5-7-14)15(19)17(9-10-18)11-13-3-2-8-16-13/h4-7,13,16,18H,2-3,8-11H2,1H3. The molecule has 1 fully saturated rings. The van der Waals surface area contributed by atoms with Gasteiger partial charge in [0.2, 0.25) is 0 Å². The topological polar surface area (TPSA) is 52.6 Å². The summed E-state index contributed by atoms with van der Waals surface area (Å²) in [7, 11) is 0. The molecule has 1 amide bonds. The molecule has 1 heterocycles. The lowest BCUT2D eigenvalue weighted by Gasteiger charge is -2.25. The molecule has 4 nitrogen and oxygen atoms in total. The fourth-order valence-electron chi connectivity index (χ4n) is 2.49. The van der Waals surface area contributed by atoms with Gasteiger partial charge in [0, 0.05) is 29.6 Å². The highest BCUT2D eigenvalue weighted by molar-refractivity contribution is 7.98. The van der Waals surface area contributed by atoms with Crippen molar-refractivity contribution in [2.24, 2.45) is 0 Å². The molecule has 0 spiro atoms. The van der Waals surface area contributed by atoms with E-state index >= 15 is 0 Å². The van der Waals surface area contributed by atoms with Crippen molar-refractivity contribution in [2.45, 2.75) is 23.8 Å². The van der Waals surface area contributed by atoms with E-state index < -0.39 is 0 Å². The van der Waals surface area contributed by atoms with Gasteiger partial charge in [-0.3, -0.25) is 4.79 Å². The molecule has 1 aromatic carbocycles. The van der Waals surface area contributed by atoms with E-state index in [9.17, 15) is 9.90 Å². The fraction of sp³-hybridized carbons (Fsp3) is 0.533. The first kappa shape index (κ1) is 15.4. The Labute approximate surface area is 124 Å². The lowest BCUT2D eigenvalue weighted by molar-refractivity contribution is 0.0706. The summed E-state index contributed by atoms with van der Waals surface area (Å²) in [6.45, 7) is 2.08. The third kappa shape index (κ3) is 3.98. The first-order chi connectivity index (χ1) is 9.74. The number of thioether (sulfide) groups is 1. The van der Waals surface area contributed by atoms with Crippen LogP contribution >= 0.6 is 11.8 Å². The molecule has 1 atom stereocenters. The highest BCUT2D eigenvalue weighted by atomic mass is 32.2. The SMILES string of the molecule is CSc1ccc(C(=O)N(CCO)CC2CCCN2)cc1. The average molecular weight is 294 g/mol. The van der Waals surface area contributed by atoms with Crippen LogP contribution < -0.4 is 5.32 Å². The number of aliphatic hydroxyl groups is 1. The fourth-order valence-corrected chi connectivity index (χ4v) is 2.90. The molecule has 1 saturated heterocycles. The highest BCUT2D eigenvalue weighted by Crippen LogP contribution is 2.16. The minimum atomic E-state index is 0.000373. The average Bonchev–Trinajstić information content (AvgIpc) is 2.99. The lowest BCUT2D eigenvalue weighted by atomic mass is 10.1. The molecule has 1 aliphatic rings. The summed E-state index contributed by atoms with van der Waals surface area (Å²) < 4.78 is 0. The normalized spacial score (nSPS) is 18.2. The summed E-state index contributed by atoms with van der Waals surface area (Å²) in [4.78, 5) is 15.4. The zero-order valence-electron chi connectivity index (χ0n) is 11.8. The zero-order valence-corrected chi connectivity index (χ0v) is 12.7. The van der Waals surface area contributed by atoms with Crippen molar-refractivity contribution in [3.63, 3.8) is 0 Å². The van der Waals surface area contributed by atoms with Crippen LogP contribution in [0.3, 0.4) is 0 Å². The number of carbonyl (C=O) groups is 1. The maximum absolute atomic E-state index is 12.5. The molecular formula is C15H22N2O2S. The predicted molar refractivity (Wildman–Crippen MR) is 82.2 cm³/mol. The van der Waals surface area contributed by atoms with E-state index in [0.29, 0.717) is 24.7 Å². The van der Waals surface area contributed by atoms with Crippen LogP contribution in [0.15, 0.2) is 29.2 Å². The Bertz CT molecular complexity index is 430. The van der Waals surface area contributed by atoms with E-state index in [4.69, 9.17) is 0 Å². The van der Waals surface area contributed by atoms with Crippen molar-refractivity contribution in [3.8, 4) is 0 Å². The summed E-state index contributed by atoms with van der Waals surface area (Å²) in [6.07, 6.45) is 4.27. The first-order valence-electron chi connectivity index (χ1n) is 7.02. The number of benzene rings is 1. The molecule has 20 heavy (non-hydrogen) atoms. The predicted octanol–water partition coefficient (Wildman–Crippen LogP) is 1.59. The number of aliphatic hydroxyl groups excluding tert-OH is 1. The van der Waals surface area contributed by atoms with Gasteiger partial charge < -0.3 is 15.3 Å².